The van der Waals surface area contributed by atoms with Crippen LogP contribution in [0, 0.1) is 0 Å². The number of rotatable bonds is 1. The zero-order valence-electron chi connectivity index (χ0n) is 8.07. The summed E-state index contributed by atoms with van der Waals surface area (Å²) < 4.78 is 1.90. The molecule has 0 N–H and O–H groups in total. The van der Waals surface area contributed by atoms with E-state index in [9.17, 15) is 0 Å². The molecule has 2 rings (SSSR count). The molecule has 0 aliphatic carbocycles. The smallest absolute Gasteiger partial charge is 0.240 e. The van der Waals surface area contributed by atoms with Gasteiger partial charge in [-0.1, -0.05) is 16.8 Å². The molecule has 0 saturated carbocycles. The topological polar surface area (TPSA) is 16.8 Å². The average Bonchev–Trinajstić information content (AvgIpc) is 2.19. The summed E-state index contributed by atoms with van der Waals surface area (Å²) >= 11 is 1.73. The van der Waals surface area contributed by atoms with Crippen molar-refractivity contribution in [3.63, 3.8) is 0 Å². The predicted molar refractivity (Wildman–Crippen MR) is 54.7 cm³/mol. The van der Waals surface area contributed by atoms with Crippen molar-refractivity contribution >= 4 is 22.7 Å². The molecule has 0 aliphatic heterocycles. The van der Waals surface area contributed by atoms with E-state index in [2.05, 4.69) is 29.6 Å². The molecule has 4 heteroatoms. The Balaban J connectivity index is 0.000000980. The molecule has 2 aromatic rings. The minimum absolute atomic E-state index is 0. The summed E-state index contributed by atoms with van der Waals surface area (Å²) in [7, 11) is 1.96. The van der Waals surface area contributed by atoms with Crippen LogP contribution in [0.4, 0.5) is 0 Å². The Labute approximate surface area is 105 Å². The van der Waals surface area contributed by atoms with E-state index in [1.807, 2.05) is 24.0 Å². The third-order valence-corrected chi connectivity index (χ3v) is 2.85. The predicted octanol–water partition coefficient (Wildman–Crippen LogP) is -1.21. The Hall–Kier alpha value is -0.360. The summed E-state index contributed by atoms with van der Waals surface area (Å²) in [5.41, 5.74) is 1.18. The van der Waals surface area contributed by atoms with Crippen LogP contribution in [0.25, 0.3) is 10.9 Å². The van der Waals surface area contributed by atoms with Gasteiger partial charge in [0.1, 0.15) is 6.20 Å². The lowest BCUT2D eigenvalue weighted by atomic mass is 10.2. The minimum Gasteiger partial charge on any atom is -1.00 e. The SMILES string of the molecule is CSc1cn[n+](C)c2ccccc12.[I-]. The molecule has 1 aromatic carbocycles. The van der Waals surface area contributed by atoms with Crippen molar-refractivity contribution in [1.82, 2.24) is 5.10 Å². The molecule has 0 atom stereocenters. The lowest BCUT2D eigenvalue weighted by molar-refractivity contribution is -0.706. The van der Waals surface area contributed by atoms with Crippen LogP contribution in [-0.2, 0) is 7.05 Å². The maximum atomic E-state index is 4.27. The van der Waals surface area contributed by atoms with Gasteiger partial charge in [-0.15, -0.1) is 11.8 Å². The minimum atomic E-state index is 0. The third kappa shape index (κ3) is 2.00. The Kier molecular flexibility index (Phi) is 4.12. The highest BCUT2D eigenvalue weighted by Gasteiger charge is 2.08. The first-order valence-electron chi connectivity index (χ1n) is 4.11. The van der Waals surface area contributed by atoms with Gasteiger partial charge in [0.15, 0.2) is 7.05 Å². The molecule has 1 heterocycles. The average molecular weight is 318 g/mol. The molecule has 0 unspecified atom stereocenters. The standard InChI is InChI=1S/C10H11N2S.HI/c1-12-9-6-4-3-5-8(9)10(13-2)7-11-12;/h3-7H,1-2H3;1H/q+1;/p-1. The molecule has 0 fully saturated rings. The maximum absolute atomic E-state index is 4.27. The number of para-hydroxylation sites is 1. The second kappa shape index (κ2) is 4.93. The molecule has 0 saturated heterocycles. The van der Waals surface area contributed by atoms with Crippen molar-refractivity contribution in [2.45, 2.75) is 4.90 Å². The Morgan fingerprint density at radius 1 is 1.29 bits per heavy atom. The van der Waals surface area contributed by atoms with E-state index in [4.69, 9.17) is 0 Å². The molecule has 2 nitrogen and oxygen atoms in total. The third-order valence-electron chi connectivity index (χ3n) is 2.09. The number of halogens is 1. The van der Waals surface area contributed by atoms with Gasteiger partial charge in [-0.25, -0.2) is 0 Å². The lowest BCUT2D eigenvalue weighted by Crippen LogP contribution is -3.00. The largest absolute Gasteiger partial charge is 1.00 e. The Bertz CT molecular complexity index is 445. The van der Waals surface area contributed by atoms with Crippen molar-refractivity contribution in [2.75, 3.05) is 6.26 Å². The van der Waals surface area contributed by atoms with Gasteiger partial charge in [0, 0.05) is 11.0 Å². The number of hydrogen-bond acceptors (Lipinski definition) is 2. The molecule has 14 heavy (non-hydrogen) atoms. The van der Waals surface area contributed by atoms with Crippen LogP contribution in [0.15, 0.2) is 35.4 Å². The Morgan fingerprint density at radius 2 is 2.00 bits per heavy atom. The van der Waals surface area contributed by atoms with E-state index in [0.717, 1.165) is 0 Å². The number of hydrogen-bond donors (Lipinski definition) is 0. The first kappa shape index (κ1) is 11.7. The van der Waals surface area contributed by atoms with Gasteiger partial charge in [0.25, 0.3) is 0 Å². The fourth-order valence-electron chi connectivity index (χ4n) is 1.40. The highest BCUT2D eigenvalue weighted by atomic mass is 127. The number of aryl methyl sites for hydroxylation is 1. The molecule has 0 aliphatic rings. The first-order valence-corrected chi connectivity index (χ1v) is 5.33. The summed E-state index contributed by atoms with van der Waals surface area (Å²) in [6.07, 6.45) is 3.98. The summed E-state index contributed by atoms with van der Waals surface area (Å²) in [6.45, 7) is 0. The van der Waals surface area contributed by atoms with Crippen molar-refractivity contribution in [3.8, 4) is 0 Å². The molecule has 0 bridgehead atoms. The zero-order chi connectivity index (χ0) is 9.26. The summed E-state index contributed by atoms with van der Waals surface area (Å²) in [5.74, 6) is 0. The van der Waals surface area contributed by atoms with E-state index in [1.54, 1.807) is 11.8 Å². The molecule has 1 aromatic heterocycles. The van der Waals surface area contributed by atoms with Gasteiger partial charge < -0.3 is 24.0 Å². The van der Waals surface area contributed by atoms with Crippen LogP contribution in [0.3, 0.4) is 0 Å². The first-order chi connectivity index (χ1) is 6.33. The molecule has 0 amide bonds. The van der Waals surface area contributed by atoms with Crippen LogP contribution in [0.1, 0.15) is 0 Å². The van der Waals surface area contributed by atoms with Gasteiger partial charge in [-0.05, 0) is 17.4 Å². The van der Waals surface area contributed by atoms with Gasteiger partial charge in [-0.2, -0.15) is 0 Å². The van der Waals surface area contributed by atoms with E-state index < -0.39 is 0 Å². The molecule has 74 valence electrons. The fraction of sp³-hybridized carbons (Fsp3) is 0.200. The van der Waals surface area contributed by atoms with E-state index in [-0.39, 0.29) is 24.0 Å². The number of nitrogens with zero attached hydrogens (tertiary/aromatic N) is 2. The van der Waals surface area contributed by atoms with Crippen molar-refractivity contribution < 1.29 is 28.7 Å². The molecular weight excluding hydrogens is 307 g/mol. The van der Waals surface area contributed by atoms with Crippen LogP contribution in [0.2, 0.25) is 0 Å². The quantitative estimate of drug-likeness (QED) is 0.373. The lowest BCUT2D eigenvalue weighted by Gasteiger charge is -1.98. The summed E-state index contributed by atoms with van der Waals surface area (Å²) in [5, 5.41) is 5.54. The molecular formula is C10H11IN2S. The van der Waals surface area contributed by atoms with Crippen LogP contribution >= 0.6 is 11.8 Å². The van der Waals surface area contributed by atoms with E-state index in [1.165, 1.54) is 15.8 Å². The Morgan fingerprint density at radius 3 is 2.71 bits per heavy atom. The normalized spacial score (nSPS) is 9.86. The molecule has 0 radical (unpaired) electrons. The number of fused-ring (bicyclic) bond motifs is 1. The van der Waals surface area contributed by atoms with Crippen LogP contribution in [0.5, 0.6) is 0 Å². The van der Waals surface area contributed by atoms with Crippen molar-refractivity contribution in [2.24, 2.45) is 7.05 Å². The van der Waals surface area contributed by atoms with Gasteiger partial charge >= 0.3 is 0 Å². The highest BCUT2D eigenvalue weighted by molar-refractivity contribution is 7.98. The zero-order valence-corrected chi connectivity index (χ0v) is 11.0. The van der Waals surface area contributed by atoms with Crippen molar-refractivity contribution in [1.29, 1.82) is 0 Å². The van der Waals surface area contributed by atoms with Gasteiger partial charge in [0.2, 0.25) is 5.52 Å². The number of aromatic nitrogens is 2. The second-order valence-corrected chi connectivity index (χ2v) is 3.70. The highest BCUT2D eigenvalue weighted by Crippen LogP contribution is 2.21. The van der Waals surface area contributed by atoms with E-state index in [0.29, 0.717) is 0 Å². The molecule has 0 spiro atoms. The van der Waals surface area contributed by atoms with Gasteiger partial charge in [0.05, 0.1) is 5.39 Å². The maximum Gasteiger partial charge on any atom is 0.240 e. The monoisotopic (exact) mass is 318 g/mol. The van der Waals surface area contributed by atoms with Crippen molar-refractivity contribution in [3.05, 3.63) is 30.5 Å². The van der Waals surface area contributed by atoms with E-state index >= 15 is 0 Å². The number of thioether (sulfide) groups is 1. The number of benzene rings is 1. The van der Waals surface area contributed by atoms with Gasteiger partial charge in [-0.3, -0.25) is 0 Å². The summed E-state index contributed by atoms with van der Waals surface area (Å²) in [6, 6.07) is 8.31. The fourth-order valence-corrected chi connectivity index (χ4v) is 1.94. The van der Waals surface area contributed by atoms with Crippen LogP contribution in [-0.4, -0.2) is 11.4 Å². The summed E-state index contributed by atoms with van der Waals surface area (Å²) in [4.78, 5) is 1.23. The van der Waals surface area contributed by atoms with Crippen LogP contribution < -0.4 is 28.7 Å². The second-order valence-electron chi connectivity index (χ2n) is 2.85.